The van der Waals surface area contributed by atoms with Crippen molar-refractivity contribution in [3.63, 3.8) is 0 Å². The van der Waals surface area contributed by atoms with E-state index in [9.17, 15) is 4.79 Å². The number of hydrogen-bond donors (Lipinski definition) is 1. The fraction of sp³-hybridized carbons (Fsp3) is 0.650. The van der Waals surface area contributed by atoms with Gasteiger partial charge in [0.1, 0.15) is 0 Å². The lowest BCUT2D eigenvalue weighted by atomic mass is 9.84. The van der Waals surface area contributed by atoms with Crippen molar-refractivity contribution in [2.45, 2.75) is 73.1 Å². The number of carbonyl (C=O) groups is 1. The van der Waals surface area contributed by atoms with Gasteiger partial charge in [-0.3, -0.25) is 4.79 Å². The van der Waals surface area contributed by atoms with Crippen molar-refractivity contribution in [2.75, 3.05) is 0 Å². The van der Waals surface area contributed by atoms with Crippen LogP contribution >= 0.6 is 0 Å². The summed E-state index contributed by atoms with van der Waals surface area (Å²) in [6, 6.07) is 6.23. The molecule has 1 aromatic rings. The second-order valence-electron chi connectivity index (χ2n) is 7.19. The molecule has 0 atom stereocenters. The van der Waals surface area contributed by atoms with Crippen molar-refractivity contribution >= 4 is 5.97 Å². The molecule has 1 saturated carbocycles. The Morgan fingerprint density at radius 1 is 1.27 bits per heavy atom. The van der Waals surface area contributed by atoms with Gasteiger partial charge in [-0.25, -0.2) is 0 Å². The molecular formula is C20H32O2. The fourth-order valence-corrected chi connectivity index (χ4v) is 2.70. The Hall–Kier alpha value is -1.31. The summed E-state index contributed by atoms with van der Waals surface area (Å²) in [5, 5.41) is 9.08. The summed E-state index contributed by atoms with van der Waals surface area (Å²) in [5.74, 6) is 0.371. The molecule has 0 amide bonds. The van der Waals surface area contributed by atoms with E-state index < -0.39 is 11.4 Å². The molecular weight excluding hydrogens is 272 g/mol. The molecule has 2 rings (SSSR count). The molecule has 0 saturated heterocycles. The first-order chi connectivity index (χ1) is 10.3. The standard InChI is InChI=1S/C14H20O2.C6H12/c1-5-12-8-11(7-6-10(12)2)9-14(3,4)13(15)16;1-2-6-4-3-5-6/h6-8H,5,9H2,1-4H3,(H,15,16);6H,2-5H2,1H3. The maximum Gasteiger partial charge on any atom is 0.309 e. The largest absolute Gasteiger partial charge is 0.481 e. The van der Waals surface area contributed by atoms with Crippen LogP contribution in [0.15, 0.2) is 18.2 Å². The Bertz CT molecular complexity index is 482. The Labute approximate surface area is 135 Å². The minimum atomic E-state index is -0.744. The SMILES string of the molecule is CCC1CCC1.CCc1cc(CC(C)(C)C(=O)O)ccc1C. The van der Waals surface area contributed by atoms with Crippen molar-refractivity contribution in [1.82, 2.24) is 0 Å². The van der Waals surface area contributed by atoms with Crippen molar-refractivity contribution < 1.29 is 9.90 Å². The molecule has 2 nitrogen and oxygen atoms in total. The van der Waals surface area contributed by atoms with Gasteiger partial charge in [-0.05, 0) is 56.2 Å². The Morgan fingerprint density at radius 2 is 1.91 bits per heavy atom. The molecule has 0 bridgehead atoms. The number of hydrogen-bond acceptors (Lipinski definition) is 1. The highest BCUT2D eigenvalue weighted by molar-refractivity contribution is 5.74. The van der Waals surface area contributed by atoms with Gasteiger partial charge in [0.05, 0.1) is 5.41 Å². The minimum Gasteiger partial charge on any atom is -0.481 e. The number of carboxylic acid groups (broad SMARTS) is 1. The van der Waals surface area contributed by atoms with Gasteiger partial charge in [-0.1, -0.05) is 57.7 Å². The van der Waals surface area contributed by atoms with Crippen LogP contribution in [-0.2, 0) is 17.6 Å². The summed E-state index contributed by atoms with van der Waals surface area (Å²) >= 11 is 0. The van der Waals surface area contributed by atoms with Crippen LogP contribution in [0.25, 0.3) is 0 Å². The Morgan fingerprint density at radius 3 is 2.27 bits per heavy atom. The highest BCUT2D eigenvalue weighted by Crippen LogP contribution is 2.28. The third-order valence-electron chi connectivity index (χ3n) is 4.82. The zero-order valence-corrected chi connectivity index (χ0v) is 14.9. The first-order valence-electron chi connectivity index (χ1n) is 8.62. The quantitative estimate of drug-likeness (QED) is 0.790. The van der Waals surface area contributed by atoms with Gasteiger partial charge in [-0.2, -0.15) is 0 Å². The van der Waals surface area contributed by atoms with E-state index in [1.165, 1.54) is 36.8 Å². The Kier molecular flexibility index (Phi) is 7.12. The van der Waals surface area contributed by atoms with Gasteiger partial charge in [0, 0.05) is 0 Å². The van der Waals surface area contributed by atoms with Gasteiger partial charge in [0.15, 0.2) is 0 Å². The first kappa shape index (κ1) is 18.7. The van der Waals surface area contributed by atoms with E-state index in [2.05, 4.69) is 32.9 Å². The molecule has 2 heteroatoms. The molecule has 1 aromatic carbocycles. The average molecular weight is 304 g/mol. The first-order valence-corrected chi connectivity index (χ1v) is 8.62. The number of aryl methyl sites for hydroxylation is 2. The van der Waals surface area contributed by atoms with Crippen LogP contribution in [0.3, 0.4) is 0 Å². The van der Waals surface area contributed by atoms with Crippen molar-refractivity contribution in [2.24, 2.45) is 11.3 Å². The topological polar surface area (TPSA) is 37.3 Å². The van der Waals surface area contributed by atoms with E-state index in [1.54, 1.807) is 13.8 Å². The van der Waals surface area contributed by atoms with Gasteiger partial charge in [-0.15, -0.1) is 0 Å². The van der Waals surface area contributed by atoms with E-state index in [0.29, 0.717) is 6.42 Å². The maximum absolute atomic E-state index is 11.0. The van der Waals surface area contributed by atoms with Crippen LogP contribution in [0, 0.1) is 18.3 Å². The van der Waals surface area contributed by atoms with Crippen LogP contribution in [0.4, 0.5) is 0 Å². The summed E-state index contributed by atoms with van der Waals surface area (Å²) in [5.41, 5.74) is 2.99. The van der Waals surface area contributed by atoms with Crippen LogP contribution < -0.4 is 0 Å². The third-order valence-corrected chi connectivity index (χ3v) is 4.82. The Balaban J connectivity index is 0.000000335. The lowest BCUT2D eigenvalue weighted by Crippen LogP contribution is -2.26. The zero-order chi connectivity index (χ0) is 16.8. The molecule has 0 radical (unpaired) electrons. The van der Waals surface area contributed by atoms with Gasteiger partial charge >= 0.3 is 5.97 Å². The predicted molar refractivity (Wildman–Crippen MR) is 93.3 cm³/mol. The van der Waals surface area contributed by atoms with Crippen molar-refractivity contribution in [3.8, 4) is 0 Å². The van der Waals surface area contributed by atoms with Crippen LogP contribution in [-0.4, -0.2) is 11.1 Å². The van der Waals surface area contributed by atoms with Gasteiger partial charge < -0.3 is 5.11 Å². The number of rotatable bonds is 5. The molecule has 22 heavy (non-hydrogen) atoms. The number of benzene rings is 1. The lowest BCUT2D eigenvalue weighted by molar-refractivity contribution is -0.146. The summed E-state index contributed by atoms with van der Waals surface area (Å²) in [4.78, 5) is 11.0. The average Bonchev–Trinajstić information content (AvgIpc) is 2.40. The molecule has 1 aliphatic carbocycles. The molecule has 1 fully saturated rings. The fourth-order valence-electron chi connectivity index (χ4n) is 2.70. The monoisotopic (exact) mass is 304 g/mol. The molecule has 0 aliphatic heterocycles. The van der Waals surface area contributed by atoms with Crippen molar-refractivity contribution in [3.05, 3.63) is 34.9 Å². The van der Waals surface area contributed by atoms with E-state index in [-0.39, 0.29) is 0 Å². The summed E-state index contributed by atoms with van der Waals surface area (Å²) in [6.07, 6.45) is 7.51. The highest BCUT2D eigenvalue weighted by Gasteiger charge is 2.27. The summed E-state index contributed by atoms with van der Waals surface area (Å²) in [7, 11) is 0. The maximum atomic E-state index is 11.0. The van der Waals surface area contributed by atoms with Crippen LogP contribution in [0.5, 0.6) is 0 Å². The molecule has 1 N–H and O–H groups in total. The zero-order valence-electron chi connectivity index (χ0n) is 14.9. The minimum absolute atomic E-state index is 0.579. The smallest absolute Gasteiger partial charge is 0.309 e. The summed E-state index contributed by atoms with van der Waals surface area (Å²) in [6.45, 7) is 10.0. The molecule has 124 valence electrons. The molecule has 0 unspecified atom stereocenters. The van der Waals surface area contributed by atoms with Crippen LogP contribution in [0.2, 0.25) is 0 Å². The third kappa shape index (κ3) is 5.47. The van der Waals surface area contributed by atoms with E-state index in [4.69, 9.17) is 5.11 Å². The second kappa shape index (κ2) is 8.36. The highest BCUT2D eigenvalue weighted by atomic mass is 16.4. The molecule has 1 aliphatic rings. The van der Waals surface area contributed by atoms with Crippen molar-refractivity contribution in [1.29, 1.82) is 0 Å². The molecule has 0 heterocycles. The summed E-state index contributed by atoms with van der Waals surface area (Å²) < 4.78 is 0. The molecule has 0 aromatic heterocycles. The normalized spacial score (nSPS) is 14.8. The van der Waals surface area contributed by atoms with Gasteiger partial charge in [0.25, 0.3) is 0 Å². The van der Waals surface area contributed by atoms with E-state index >= 15 is 0 Å². The van der Waals surface area contributed by atoms with E-state index in [0.717, 1.165) is 17.9 Å². The van der Waals surface area contributed by atoms with Gasteiger partial charge in [0.2, 0.25) is 0 Å². The van der Waals surface area contributed by atoms with Crippen LogP contribution in [0.1, 0.15) is 70.1 Å². The number of aliphatic carboxylic acids is 1. The lowest BCUT2D eigenvalue weighted by Gasteiger charge is -2.22. The second-order valence-corrected chi connectivity index (χ2v) is 7.19. The predicted octanol–water partition coefficient (Wildman–Crippen LogP) is 5.41. The molecule has 0 spiro atoms. The van der Waals surface area contributed by atoms with E-state index in [1.807, 2.05) is 6.07 Å². The number of carboxylic acids is 1.